The minimum Gasteiger partial charge on any atom is -0.383 e. The first-order valence-electron chi connectivity index (χ1n) is 4.86. The van der Waals surface area contributed by atoms with Crippen LogP contribution in [0, 0.1) is 6.92 Å². The molecule has 78 valence electrons. The number of nitrogens with one attached hydrogen (secondary N) is 1. The smallest absolute Gasteiger partial charge is 0.0345 e. The van der Waals surface area contributed by atoms with Crippen LogP contribution in [-0.4, -0.2) is 12.6 Å². The van der Waals surface area contributed by atoms with Gasteiger partial charge in [0, 0.05) is 16.2 Å². The Labute approximate surface area is 94.0 Å². The predicted octanol–water partition coefficient (Wildman–Crippen LogP) is 2.91. The van der Waals surface area contributed by atoms with Crippen molar-refractivity contribution >= 4 is 21.6 Å². The van der Waals surface area contributed by atoms with Gasteiger partial charge in [0.25, 0.3) is 0 Å². The molecule has 2 nitrogen and oxygen atoms in total. The van der Waals surface area contributed by atoms with Gasteiger partial charge in [-0.05, 0) is 50.6 Å². The minimum atomic E-state index is 0.431. The Morgan fingerprint density at radius 2 is 2.21 bits per heavy atom. The summed E-state index contributed by atoms with van der Waals surface area (Å²) in [5.41, 5.74) is 7.89. The van der Waals surface area contributed by atoms with Crippen molar-refractivity contribution in [2.24, 2.45) is 5.73 Å². The highest BCUT2D eigenvalue weighted by Gasteiger charge is 2.01. The first-order chi connectivity index (χ1) is 6.63. The fourth-order valence-corrected chi connectivity index (χ4v) is 1.59. The van der Waals surface area contributed by atoms with E-state index in [4.69, 9.17) is 5.73 Å². The van der Waals surface area contributed by atoms with Gasteiger partial charge in [-0.25, -0.2) is 0 Å². The van der Waals surface area contributed by atoms with Crippen LogP contribution >= 0.6 is 15.9 Å². The molecule has 0 aromatic heterocycles. The lowest BCUT2D eigenvalue weighted by Gasteiger charge is -2.14. The summed E-state index contributed by atoms with van der Waals surface area (Å²) in [4.78, 5) is 0. The van der Waals surface area contributed by atoms with Gasteiger partial charge in [0.05, 0.1) is 0 Å². The molecule has 0 saturated heterocycles. The zero-order valence-electron chi connectivity index (χ0n) is 8.68. The summed E-state index contributed by atoms with van der Waals surface area (Å²) in [6.07, 6.45) is 0.995. The van der Waals surface area contributed by atoms with E-state index in [-0.39, 0.29) is 0 Å². The van der Waals surface area contributed by atoms with E-state index < -0.39 is 0 Å². The third-order valence-electron chi connectivity index (χ3n) is 2.17. The van der Waals surface area contributed by atoms with Crippen molar-refractivity contribution < 1.29 is 0 Å². The highest BCUT2D eigenvalue weighted by Crippen LogP contribution is 2.20. The van der Waals surface area contributed by atoms with Crippen LogP contribution in [0.4, 0.5) is 5.69 Å². The van der Waals surface area contributed by atoms with Crippen LogP contribution < -0.4 is 11.1 Å². The molecule has 0 bridgehead atoms. The van der Waals surface area contributed by atoms with Crippen LogP contribution in [0.25, 0.3) is 0 Å². The molecule has 1 aromatic rings. The second-order valence-corrected chi connectivity index (χ2v) is 4.44. The van der Waals surface area contributed by atoms with Gasteiger partial charge in [0.1, 0.15) is 0 Å². The molecular formula is C11H17BrN2. The molecule has 0 heterocycles. The molecule has 0 amide bonds. The van der Waals surface area contributed by atoms with Crippen LogP contribution in [0.5, 0.6) is 0 Å². The molecule has 0 fully saturated rings. The van der Waals surface area contributed by atoms with E-state index in [0.717, 1.165) is 23.1 Å². The Kier molecular flexibility index (Phi) is 4.42. The standard InChI is InChI=1S/C11H17BrN2/c1-8-7-10(3-4-11(8)12)14-9(2)5-6-13/h3-4,7,9,14H,5-6,13H2,1-2H3. The van der Waals surface area contributed by atoms with Gasteiger partial charge in [-0.15, -0.1) is 0 Å². The van der Waals surface area contributed by atoms with E-state index in [1.807, 2.05) is 0 Å². The average molecular weight is 257 g/mol. The topological polar surface area (TPSA) is 38.0 Å². The number of halogens is 1. The molecule has 0 spiro atoms. The lowest BCUT2D eigenvalue weighted by Crippen LogP contribution is -2.19. The van der Waals surface area contributed by atoms with Crippen molar-refractivity contribution in [3.63, 3.8) is 0 Å². The van der Waals surface area contributed by atoms with Crippen LogP contribution in [-0.2, 0) is 0 Å². The monoisotopic (exact) mass is 256 g/mol. The first kappa shape index (κ1) is 11.5. The zero-order chi connectivity index (χ0) is 10.6. The van der Waals surface area contributed by atoms with Crippen molar-refractivity contribution in [3.8, 4) is 0 Å². The Morgan fingerprint density at radius 3 is 2.79 bits per heavy atom. The van der Waals surface area contributed by atoms with Crippen molar-refractivity contribution in [2.45, 2.75) is 26.3 Å². The molecule has 3 heteroatoms. The molecule has 1 aromatic carbocycles. The molecule has 14 heavy (non-hydrogen) atoms. The summed E-state index contributed by atoms with van der Waals surface area (Å²) in [7, 11) is 0. The maximum Gasteiger partial charge on any atom is 0.0345 e. The number of rotatable bonds is 4. The Morgan fingerprint density at radius 1 is 1.50 bits per heavy atom. The number of nitrogens with two attached hydrogens (primary N) is 1. The molecular weight excluding hydrogens is 240 g/mol. The van der Waals surface area contributed by atoms with E-state index in [0.29, 0.717) is 6.04 Å². The fourth-order valence-electron chi connectivity index (χ4n) is 1.34. The minimum absolute atomic E-state index is 0.431. The highest BCUT2D eigenvalue weighted by atomic mass is 79.9. The van der Waals surface area contributed by atoms with Crippen LogP contribution in [0.2, 0.25) is 0 Å². The van der Waals surface area contributed by atoms with Gasteiger partial charge in [-0.2, -0.15) is 0 Å². The van der Waals surface area contributed by atoms with Crippen LogP contribution in [0.1, 0.15) is 18.9 Å². The Bertz CT molecular complexity index is 299. The first-order valence-corrected chi connectivity index (χ1v) is 5.65. The SMILES string of the molecule is Cc1cc(NC(C)CCN)ccc1Br. The largest absolute Gasteiger partial charge is 0.383 e. The zero-order valence-corrected chi connectivity index (χ0v) is 10.3. The summed E-state index contributed by atoms with van der Waals surface area (Å²) in [5.74, 6) is 0. The van der Waals surface area contributed by atoms with Gasteiger partial charge in [0.15, 0.2) is 0 Å². The fraction of sp³-hybridized carbons (Fsp3) is 0.455. The van der Waals surface area contributed by atoms with Gasteiger partial charge < -0.3 is 11.1 Å². The molecule has 1 atom stereocenters. The molecule has 0 saturated carbocycles. The van der Waals surface area contributed by atoms with Crippen LogP contribution in [0.3, 0.4) is 0 Å². The number of hydrogen-bond acceptors (Lipinski definition) is 2. The van der Waals surface area contributed by atoms with Crippen molar-refractivity contribution in [1.82, 2.24) is 0 Å². The summed E-state index contributed by atoms with van der Waals surface area (Å²) in [6.45, 7) is 4.96. The van der Waals surface area contributed by atoms with E-state index in [1.54, 1.807) is 0 Å². The number of hydrogen-bond donors (Lipinski definition) is 2. The molecule has 1 unspecified atom stereocenters. The molecule has 3 N–H and O–H groups in total. The third kappa shape index (κ3) is 3.31. The second kappa shape index (κ2) is 5.37. The van der Waals surface area contributed by atoms with Gasteiger partial charge in [-0.1, -0.05) is 15.9 Å². The van der Waals surface area contributed by atoms with E-state index in [9.17, 15) is 0 Å². The maximum absolute atomic E-state index is 5.49. The Hall–Kier alpha value is -0.540. The van der Waals surface area contributed by atoms with Gasteiger partial charge in [0.2, 0.25) is 0 Å². The molecule has 0 aliphatic carbocycles. The second-order valence-electron chi connectivity index (χ2n) is 3.59. The number of benzene rings is 1. The van der Waals surface area contributed by atoms with Gasteiger partial charge in [-0.3, -0.25) is 0 Å². The number of anilines is 1. The summed E-state index contributed by atoms with van der Waals surface area (Å²) < 4.78 is 1.15. The van der Waals surface area contributed by atoms with E-state index in [2.05, 4.69) is 53.3 Å². The van der Waals surface area contributed by atoms with Crippen molar-refractivity contribution in [1.29, 1.82) is 0 Å². The molecule has 0 radical (unpaired) electrons. The summed E-state index contributed by atoms with van der Waals surface area (Å²) in [6, 6.07) is 6.70. The number of aryl methyl sites for hydroxylation is 1. The Balaban J connectivity index is 2.63. The third-order valence-corrected chi connectivity index (χ3v) is 3.06. The lowest BCUT2D eigenvalue weighted by molar-refractivity contribution is 0.717. The molecule has 1 rings (SSSR count). The highest BCUT2D eigenvalue weighted by molar-refractivity contribution is 9.10. The predicted molar refractivity (Wildman–Crippen MR) is 65.6 cm³/mol. The lowest BCUT2D eigenvalue weighted by atomic mass is 10.2. The van der Waals surface area contributed by atoms with Crippen LogP contribution in [0.15, 0.2) is 22.7 Å². The summed E-state index contributed by atoms with van der Waals surface area (Å²) >= 11 is 3.48. The van der Waals surface area contributed by atoms with E-state index in [1.165, 1.54) is 5.56 Å². The van der Waals surface area contributed by atoms with E-state index >= 15 is 0 Å². The van der Waals surface area contributed by atoms with Crippen molar-refractivity contribution in [2.75, 3.05) is 11.9 Å². The summed E-state index contributed by atoms with van der Waals surface area (Å²) in [5, 5.41) is 3.41. The maximum atomic E-state index is 5.49. The normalized spacial score (nSPS) is 12.6. The van der Waals surface area contributed by atoms with Crippen molar-refractivity contribution in [3.05, 3.63) is 28.2 Å². The molecule has 0 aliphatic rings. The molecule has 0 aliphatic heterocycles. The average Bonchev–Trinajstić information content (AvgIpc) is 2.12. The quantitative estimate of drug-likeness (QED) is 0.870. The van der Waals surface area contributed by atoms with Gasteiger partial charge >= 0.3 is 0 Å².